The van der Waals surface area contributed by atoms with E-state index >= 15 is 0 Å². The van der Waals surface area contributed by atoms with Crippen molar-refractivity contribution in [2.75, 3.05) is 0 Å². The summed E-state index contributed by atoms with van der Waals surface area (Å²) in [6, 6.07) is 5.01. The quantitative estimate of drug-likeness (QED) is 0.665. The van der Waals surface area contributed by atoms with E-state index in [1.807, 2.05) is 0 Å². The molecular weight excluding hydrogens is 168 g/mol. The predicted molar refractivity (Wildman–Crippen MR) is 61.6 cm³/mol. The van der Waals surface area contributed by atoms with Crippen LogP contribution >= 0.6 is 0 Å². The Bertz CT molecular complexity index is 455. The highest BCUT2D eigenvalue weighted by atomic mass is 14.2. The Morgan fingerprint density at radius 1 is 1.36 bits per heavy atom. The summed E-state index contributed by atoms with van der Waals surface area (Å²) in [4.78, 5) is 0. The van der Waals surface area contributed by atoms with Crippen molar-refractivity contribution in [1.29, 1.82) is 0 Å². The van der Waals surface area contributed by atoms with Crippen molar-refractivity contribution < 1.29 is 6.85 Å². The molecule has 1 fully saturated rings. The van der Waals surface area contributed by atoms with Gasteiger partial charge in [-0.25, -0.2) is 0 Å². The van der Waals surface area contributed by atoms with Gasteiger partial charge in [0.15, 0.2) is 0 Å². The van der Waals surface area contributed by atoms with Gasteiger partial charge in [0, 0.05) is 6.85 Å². The van der Waals surface area contributed by atoms with Crippen molar-refractivity contribution in [2.45, 2.75) is 45.8 Å². The highest BCUT2D eigenvalue weighted by molar-refractivity contribution is 5.30. The molecular formula is C14H20. The van der Waals surface area contributed by atoms with Gasteiger partial charge in [0.25, 0.3) is 0 Å². The Morgan fingerprint density at radius 3 is 2.86 bits per heavy atom. The molecule has 0 heteroatoms. The first-order chi connectivity index (χ1) is 8.73. The minimum absolute atomic E-state index is 0.0136. The van der Waals surface area contributed by atoms with Crippen molar-refractivity contribution in [1.82, 2.24) is 0 Å². The van der Waals surface area contributed by atoms with E-state index < -0.39 is 13.2 Å². The van der Waals surface area contributed by atoms with Crippen molar-refractivity contribution in [2.24, 2.45) is 5.92 Å². The molecule has 0 nitrogen and oxygen atoms in total. The van der Waals surface area contributed by atoms with E-state index in [4.69, 9.17) is 6.85 Å². The van der Waals surface area contributed by atoms with Crippen LogP contribution in [0.2, 0.25) is 0 Å². The van der Waals surface area contributed by atoms with Crippen LogP contribution < -0.4 is 0 Å². The summed E-state index contributed by atoms with van der Waals surface area (Å²) in [5.74, 6) is 0.0136. The third kappa shape index (κ3) is 2.17. The summed E-state index contributed by atoms with van der Waals surface area (Å²) >= 11 is 0. The normalized spacial score (nSPS) is 24.8. The molecule has 0 radical (unpaired) electrons. The SMILES string of the molecule is [2H]C([2H])([2H])c1cc(C([2H])([2H])C2CCCC2)ccc1C. The van der Waals surface area contributed by atoms with Gasteiger partial charge in [0.05, 0.1) is 0 Å². The molecule has 2 rings (SSSR count). The summed E-state index contributed by atoms with van der Waals surface area (Å²) in [6.07, 6.45) is 2.50. The van der Waals surface area contributed by atoms with Gasteiger partial charge in [-0.1, -0.05) is 43.9 Å². The van der Waals surface area contributed by atoms with Crippen LogP contribution in [0.15, 0.2) is 18.2 Å². The molecule has 14 heavy (non-hydrogen) atoms. The first-order valence-corrected chi connectivity index (χ1v) is 5.34. The molecule has 0 spiro atoms. The minimum Gasteiger partial charge on any atom is -0.0588 e. The zero-order valence-corrected chi connectivity index (χ0v) is 8.64. The maximum absolute atomic E-state index is 8.32. The van der Waals surface area contributed by atoms with Gasteiger partial charge in [0.1, 0.15) is 0 Å². The van der Waals surface area contributed by atoms with Gasteiger partial charge in [0.2, 0.25) is 0 Å². The maximum atomic E-state index is 8.32. The highest BCUT2D eigenvalue weighted by Crippen LogP contribution is 2.28. The van der Waals surface area contributed by atoms with E-state index in [-0.39, 0.29) is 11.5 Å². The Morgan fingerprint density at radius 2 is 2.14 bits per heavy atom. The molecule has 0 unspecified atom stereocenters. The Balaban J connectivity index is 2.40. The van der Waals surface area contributed by atoms with E-state index in [0.717, 1.165) is 25.7 Å². The molecule has 0 bridgehead atoms. The molecule has 0 aromatic heterocycles. The zero-order valence-electron chi connectivity index (χ0n) is 13.6. The third-order valence-electron chi connectivity index (χ3n) is 2.96. The molecule has 0 N–H and O–H groups in total. The molecule has 1 aliphatic rings. The van der Waals surface area contributed by atoms with Crippen LogP contribution in [0.5, 0.6) is 0 Å². The van der Waals surface area contributed by atoms with Crippen molar-refractivity contribution in [3.8, 4) is 0 Å². The molecule has 0 aliphatic heterocycles. The molecule has 0 heterocycles. The molecule has 0 amide bonds. The highest BCUT2D eigenvalue weighted by Gasteiger charge is 2.15. The first kappa shape index (κ1) is 5.34. The lowest BCUT2D eigenvalue weighted by molar-refractivity contribution is 0.546. The average molecular weight is 193 g/mol. The van der Waals surface area contributed by atoms with E-state index in [1.54, 1.807) is 25.1 Å². The monoisotopic (exact) mass is 193 g/mol. The van der Waals surface area contributed by atoms with Crippen molar-refractivity contribution >= 4 is 0 Å². The standard InChI is InChI=1S/C14H20/c1-11-7-8-14(9-12(11)2)10-13-5-3-4-6-13/h7-9,13H,3-6,10H2,1-2H3/i2D3,10D2. The van der Waals surface area contributed by atoms with Crippen LogP contribution in [0.3, 0.4) is 0 Å². The summed E-state index contributed by atoms with van der Waals surface area (Å²) in [5.41, 5.74) is 1.48. The number of hydrogen-bond donors (Lipinski definition) is 0. The van der Waals surface area contributed by atoms with Crippen molar-refractivity contribution in [3.63, 3.8) is 0 Å². The van der Waals surface area contributed by atoms with E-state index in [2.05, 4.69) is 0 Å². The molecule has 0 saturated heterocycles. The topological polar surface area (TPSA) is 0 Å². The second kappa shape index (κ2) is 4.16. The summed E-state index contributed by atoms with van der Waals surface area (Å²) in [6.45, 7) is -0.414. The minimum atomic E-state index is -2.17. The van der Waals surface area contributed by atoms with E-state index in [1.165, 1.54) is 0 Å². The lowest BCUT2D eigenvalue weighted by Crippen LogP contribution is -1.99. The number of benzene rings is 1. The predicted octanol–water partition coefficient (Wildman–Crippen LogP) is 4.04. The molecule has 76 valence electrons. The average Bonchev–Trinajstić information content (AvgIpc) is 2.81. The van der Waals surface area contributed by atoms with E-state index in [9.17, 15) is 0 Å². The molecule has 1 aromatic carbocycles. The molecule has 1 saturated carbocycles. The maximum Gasteiger partial charge on any atom is 0.0319 e. The second-order valence-corrected chi connectivity index (χ2v) is 4.16. The zero-order chi connectivity index (χ0) is 14.3. The van der Waals surface area contributed by atoms with Gasteiger partial charge in [-0.3, -0.25) is 0 Å². The smallest absolute Gasteiger partial charge is 0.0319 e. The number of hydrogen-bond acceptors (Lipinski definition) is 0. The fourth-order valence-electron chi connectivity index (χ4n) is 2.02. The first-order valence-electron chi connectivity index (χ1n) is 7.84. The van der Waals surface area contributed by atoms with Gasteiger partial charge in [-0.15, -0.1) is 0 Å². The number of aryl methyl sites for hydroxylation is 2. The fourth-order valence-corrected chi connectivity index (χ4v) is 2.02. The Kier molecular flexibility index (Phi) is 1.59. The largest absolute Gasteiger partial charge is 0.0588 e. The third-order valence-corrected chi connectivity index (χ3v) is 2.96. The lowest BCUT2D eigenvalue weighted by atomic mass is 9.96. The van der Waals surface area contributed by atoms with Crippen LogP contribution in [0.1, 0.15) is 49.2 Å². The number of rotatable bonds is 2. The van der Waals surface area contributed by atoms with E-state index in [0.29, 0.717) is 11.1 Å². The van der Waals surface area contributed by atoms with Gasteiger partial charge < -0.3 is 0 Å². The van der Waals surface area contributed by atoms with Gasteiger partial charge in [-0.2, -0.15) is 0 Å². The van der Waals surface area contributed by atoms with Crippen LogP contribution in [-0.2, 0) is 6.37 Å². The van der Waals surface area contributed by atoms with Crippen LogP contribution in [0.25, 0.3) is 0 Å². The van der Waals surface area contributed by atoms with Crippen LogP contribution in [-0.4, -0.2) is 0 Å². The summed E-state index contributed by atoms with van der Waals surface area (Å²) in [7, 11) is 0. The molecule has 0 atom stereocenters. The molecule has 1 aliphatic carbocycles. The Labute approximate surface area is 94.4 Å². The Hall–Kier alpha value is -0.780. The van der Waals surface area contributed by atoms with Gasteiger partial charge >= 0.3 is 0 Å². The van der Waals surface area contributed by atoms with Crippen molar-refractivity contribution in [3.05, 3.63) is 34.9 Å². The molecule has 1 aromatic rings. The lowest BCUT2D eigenvalue weighted by Gasteiger charge is -2.10. The van der Waals surface area contributed by atoms with Crippen LogP contribution in [0.4, 0.5) is 0 Å². The summed E-state index contributed by atoms with van der Waals surface area (Å²) < 4.78 is 39.2. The summed E-state index contributed by atoms with van der Waals surface area (Å²) in [5, 5.41) is 0. The van der Waals surface area contributed by atoms with Crippen LogP contribution in [0, 0.1) is 19.7 Å². The fraction of sp³-hybridized carbons (Fsp3) is 0.571. The van der Waals surface area contributed by atoms with Gasteiger partial charge in [-0.05, 0) is 42.8 Å². The second-order valence-electron chi connectivity index (χ2n) is 4.16.